The Bertz CT molecular complexity index is 338. The first-order chi connectivity index (χ1) is 7.95. The molecule has 1 aromatic carbocycles. The Morgan fingerprint density at radius 1 is 1.12 bits per heavy atom. The van der Waals surface area contributed by atoms with E-state index in [0.717, 1.165) is 11.1 Å². The molecule has 2 nitrogen and oxygen atoms in total. The van der Waals surface area contributed by atoms with Gasteiger partial charge in [-0.2, -0.15) is 8.78 Å². The summed E-state index contributed by atoms with van der Waals surface area (Å²) in [4.78, 5) is 0. The van der Waals surface area contributed by atoms with Gasteiger partial charge in [0, 0.05) is 13.1 Å². The average molecular weight is 250 g/mol. The molecule has 3 N–H and O–H groups in total. The van der Waals surface area contributed by atoms with E-state index >= 15 is 0 Å². The van der Waals surface area contributed by atoms with Crippen LogP contribution in [0.15, 0.2) is 24.3 Å². The van der Waals surface area contributed by atoms with Gasteiger partial charge in [0.25, 0.3) is 0 Å². The zero-order chi connectivity index (χ0) is 12.9. The average Bonchev–Trinajstić information content (AvgIpc) is 2.29. The van der Waals surface area contributed by atoms with Crippen molar-refractivity contribution in [2.75, 3.05) is 6.54 Å². The van der Waals surface area contributed by atoms with Crippen molar-refractivity contribution in [3.8, 4) is 0 Å². The summed E-state index contributed by atoms with van der Waals surface area (Å²) in [6.07, 6.45) is -3.64. The Morgan fingerprint density at radius 3 is 2.12 bits per heavy atom. The minimum absolute atomic E-state index is 0.118. The molecule has 0 aliphatic heterocycles. The molecule has 1 rings (SSSR count). The van der Waals surface area contributed by atoms with Gasteiger partial charge in [0.1, 0.15) is 0 Å². The number of alkyl halides is 4. The van der Waals surface area contributed by atoms with Crippen LogP contribution < -0.4 is 11.1 Å². The van der Waals surface area contributed by atoms with Crippen LogP contribution in [-0.2, 0) is 13.1 Å². The van der Waals surface area contributed by atoms with E-state index in [2.05, 4.69) is 5.32 Å². The number of hydrogen-bond acceptors (Lipinski definition) is 2. The summed E-state index contributed by atoms with van der Waals surface area (Å²) in [6, 6.07) is 6.97. The third-order valence-corrected chi connectivity index (χ3v) is 2.27. The molecule has 0 saturated carbocycles. The van der Waals surface area contributed by atoms with Crippen LogP contribution in [0.3, 0.4) is 0 Å². The van der Waals surface area contributed by atoms with E-state index < -0.39 is 18.9 Å². The Balaban J connectivity index is 2.40. The van der Waals surface area contributed by atoms with E-state index in [-0.39, 0.29) is 6.54 Å². The number of hydrogen-bond donors (Lipinski definition) is 2. The van der Waals surface area contributed by atoms with Crippen molar-refractivity contribution < 1.29 is 17.6 Å². The van der Waals surface area contributed by atoms with Gasteiger partial charge in [-0.3, -0.25) is 0 Å². The predicted molar refractivity (Wildman–Crippen MR) is 57.0 cm³/mol. The summed E-state index contributed by atoms with van der Waals surface area (Å²) in [5.74, 6) is -3.99. The van der Waals surface area contributed by atoms with Gasteiger partial charge in [0.2, 0.25) is 0 Å². The second-order valence-electron chi connectivity index (χ2n) is 3.69. The zero-order valence-corrected chi connectivity index (χ0v) is 9.10. The van der Waals surface area contributed by atoms with Gasteiger partial charge in [-0.25, -0.2) is 8.78 Å². The van der Waals surface area contributed by atoms with Gasteiger partial charge in [-0.15, -0.1) is 0 Å². The van der Waals surface area contributed by atoms with Crippen LogP contribution in [0.1, 0.15) is 11.1 Å². The summed E-state index contributed by atoms with van der Waals surface area (Å²) < 4.78 is 48.7. The molecule has 6 heteroatoms. The van der Waals surface area contributed by atoms with Crippen LogP contribution in [0.4, 0.5) is 17.6 Å². The molecule has 0 fully saturated rings. The van der Waals surface area contributed by atoms with Gasteiger partial charge >= 0.3 is 12.3 Å². The Morgan fingerprint density at radius 2 is 1.65 bits per heavy atom. The van der Waals surface area contributed by atoms with Gasteiger partial charge in [0.15, 0.2) is 0 Å². The molecule has 0 aliphatic carbocycles. The van der Waals surface area contributed by atoms with Crippen LogP contribution in [0.2, 0.25) is 0 Å². The van der Waals surface area contributed by atoms with Crippen molar-refractivity contribution in [2.45, 2.75) is 25.4 Å². The Kier molecular flexibility index (Phi) is 4.89. The molecule has 0 unspecified atom stereocenters. The summed E-state index contributed by atoms with van der Waals surface area (Å²) in [5.41, 5.74) is 7.06. The number of nitrogens with one attached hydrogen (secondary N) is 1. The molecule has 0 atom stereocenters. The maximum absolute atomic E-state index is 12.5. The standard InChI is InChI=1S/C11H14F4N2/c12-10(13)11(14,15)7-17-6-9-3-1-8(5-16)2-4-9/h1-4,10,17H,5-7,16H2. The van der Waals surface area contributed by atoms with Crippen molar-refractivity contribution in [3.05, 3.63) is 35.4 Å². The quantitative estimate of drug-likeness (QED) is 0.759. The van der Waals surface area contributed by atoms with Crippen LogP contribution >= 0.6 is 0 Å². The topological polar surface area (TPSA) is 38.0 Å². The van der Waals surface area contributed by atoms with E-state index in [1.165, 1.54) is 0 Å². The normalized spacial score (nSPS) is 12.1. The molecule has 0 heterocycles. The van der Waals surface area contributed by atoms with Crippen molar-refractivity contribution >= 4 is 0 Å². The fourth-order valence-corrected chi connectivity index (χ4v) is 1.24. The van der Waals surface area contributed by atoms with Gasteiger partial charge in [0.05, 0.1) is 6.54 Å². The highest BCUT2D eigenvalue weighted by molar-refractivity contribution is 5.22. The lowest BCUT2D eigenvalue weighted by Gasteiger charge is -2.15. The van der Waals surface area contributed by atoms with Crippen LogP contribution in [0, 0.1) is 0 Å². The van der Waals surface area contributed by atoms with Gasteiger partial charge < -0.3 is 11.1 Å². The molecule has 17 heavy (non-hydrogen) atoms. The molecule has 0 spiro atoms. The first-order valence-corrected chi connectivity index (χ1v) is 5.10. The predicted octanol–water partition coefficient (Wildman–Crippen LogP) is 2.14. The number of benzene rings is 1. The summed E-state index contributed by atoms with van der Waals surface area (Å²) in [6.45, 7) is -0.520. The summed E-state index contributed by atoms with van der Waals surface area (Å²) >= 11 is 0. The Labute approximate surface area is 96.8 Å². The van der Waals surface area contributed by atoms with Gasteiger partial charge in [-0.1, -0.05) is 24.3 Å². The fraction of sp³-hybridized carbons (Fsp3) is 0.455. The molecule has 0 radical (unpaired) electrons. The van der Waals surface area contributed by atoms with Crippen LogP contribution in [0.5, 0.6) is 0 Å². The number of nitrogens with two attached hydrogens (primary N) is 1. The third kappa shape index (κ3) is 4.32. The lowest BCUT2D eigenvalue weighted by Crippen LogP contribution is -2.38. The van der Waals surface area contributed by atoms with E-state index in [9.17, 15) is 17.6 Å². The summed E-state index contributed by atoms with van der Waals surface area (Å²) in [5, 5.41) is 2.30. The van der Waals surface area contributed by atoms with Crippen molar-refractivity contribution in [1.82, 2.24) is 5.32 Å². The minimum atomic E-state index is -3.99. The highest BCUT2D eigenvalue weighted by atomic mass is 19.3. The highest BCUT2D eigenvalue weighted by Crippen LogP contribution is 2.21. The molecule has 0 aromatic heterocycles. The number of rotatable bonds is 6. The molecule has 0 amide bonds. The highest BCUT2D eigenvalue weighted by Gasteiger charge is 2.39. The molecular formula is C11H14F4N2. The fourth-order valence-electron chi connectivity index (χ4n) is 1.24. The van der Waals surface area contributed by atoms with Crippen LogP contribution in [-0.4, -0.2) is 18.9 Å². The molecule has 96 valence electrons. The van der Waals surface area contributed by atoms with E-state index in [1.807, 2.05) is 0 Å². The summed E-state index contributed by atoms with van der Waals surface area (Å²) in [7, 11) is 0. The van der Waals surface area contributed by atoms with Crippen molar-refractivity contribution in [1.29, 1.82) is 0 Å². The Hall–Kier alpha value is -1.14. The smallest absolute Gasteiger partial charge is 0.319 e. The van der Waals surface area contributed by atoms with Crippen molar-refractivity contribution in [3.63, 3.8) is 0 Å². The largest absolute Gasteiger partial charge is 0.326 e. The van der Waals surface area contributed by atoms with Crippen LogP contribution in [0.25, 0.3) is 0 Å². The number of halogens is 4. The molecular weight excluding hydrogens is 236 g/mol. The van der Waals surface area contributed by atoms with E-state index in [0.29, 0.717) is 6.54 Å². The first-order valence-electron chi connectivity index (χ1n) is 5.10. The van der Waals surface area contributed by atoms with E-state index in [1.54, 1.807) is 24.3 Å². The zero-order valence-electron chi connectivity index (χ0n) is 9.10. The lowest BCUT2D eigenvalue weighted by molar-refractivity contribution is -0.125. The maximum atomic E-state index is 12.5. The second kappa shape index (κ2) is 5.97. The van der Waals surface area contributed by atoms with E-state index in [4.69, 9.17) is 5.73 Å². The second-order valence-corrected chi connectivity index (χ2v) is 3.69. The monoisotopic (exact) mass is 250 g/mol. The molecule has 0 bridgehead atoms. The SMILES string of the molecule is NCc1ccc(CNCC(F)(F)C(F)F)cc1. The molecule has 1 aromatic rings. The van der Waals surface area contributed by atoms with Crippen molar-refractivity contribution in [2.24, 2.45) is 5.73 Å². The first kappa shape index (κ1) is 13.9. The molecule has 0 saturated heterocycles. The minimum Gasteiger partial charge on any atom is -0.326 e. The maximum Gasteiger partial charge on any atom is 0.319 e. The lowest BCUT2D eigenvalue weighted by atomic mass is 10.1. The van der Waals surface area contributed by atoms with Gasteiger partial charge in [-0.05, 0) is 11.1 Å². The third-order valence-electron chi connectivity index (χ3n) is 2.27. The molecule has 0 aliphatic rings.